The lowest BCUT2D eigenvalue weighted by Crippen LogP contribution is -2.30. The molecule has 1 atom stereocenters. The first-order valence-corrected chi connectivity index (χ1v) is 9.54. The highest BCUT2D eigenvalue weighted by Gasteiger charge is 2.20. The van der Waals surface area contributed by atoms with Crippen molar-refractivity contribution in [2.45, 2.75) is 19.9 Å². The molecule has 0 spiro atoms. The number of methoxy groups -OCH3 is 1. The zero-order valence-electron chi connectivity index (χ0n) is 16.8. The molecule has 0 radical (unpaired) electrons. The van der Waals surface area contributed by atoms with Gasteiger partial charge >= 0.3 is 5.97 Å². The Morgan fingerprint density at radius 3 is 2.38 bits per heavy atom. The highest BCUT2D eigenvalue weighted by molar-refractivity contribution is 5.92. The van der Waals surface area contributed by atoms with Crippen LogP contribution in [0.15, 0.2) is 48.5 Å². The zero-order valence-corrected chi connectivity index (χ0v) is 16.8. The smallest absolute Gasteiger partial charge is 0.337 e. The molecule has 0 fully saturated rings. The Morgan fingerprint density at radius 1 is 1.03 bits per heavy atom. The molecule has 2 aromatic carbocycles. The van der Waals surface area contributed by atoms with E-state index in [1.54, 1.807) is 30.3 Å². The molecular weight excluding hydrogens is 370 g/mol. The number of esters is 1. The Labute approximate surface area is 170 Å². The van der Waals surface area contributed by atoms with Crippen LogP contribution in [-0.2, 0) is 9.53 Å². The maximum atomic E-state index is 12.5. The SMILES string of the molecule is COC(=O)c1ccc(/C=C/C(=O)NC(c2ccc3c(c2)OCCO3)C(C)C)cc1. The van der Waals surface area contributed by atoms with Gasteiger partial charge < -0.3 is 19.5 Å². The number of amides is 1. The predicted octanol–water partition coefficient (Wildman–Crippen LogP) is 3.77. The van der Waals surface area contributed by atoms with Crippen molar-refractivity contribution in [3.05, 3.63) is 65.2 Å². The van der Waals surface area contributed by atoms with Crippen molar-refractivity contribution < 1.29 is 23.8 Å². The second-order valence-electron chi connectivity index (χ2n) is 7.08. The Kier molecular flexibility index (Phi) is 6.54. The van der Waals surface area contributed by atoms with Crippen LogP contribution < -0.4 is 14.8 Å². The molecule has 2 aromatic rings. The number of rotatable bonds is 6. The van der Waals surface area contributed by atoms with Crippen molar-refractivity contribution in [3.8, 4) is 11.5 Å². The van der Waals surface area contributed by atoms with Crippen molar-refractivity contribution in [1.82, 2.24) is 5.32 Å². The predicted molar refractivity (Wildman–Crippen MR) is 110 cm³/mol. The van der Waals surface area contributed by atoms with E-state index in [1.165, 1.54) is 13.2 Å². The van der Waals surface area contributed by atoms with Crippen LogP contribution >= 0.6 is 0 Å². The van der Waals surface area contributed by atoms with Crippen LogP contribution in [-0.4, -0.2) is 32.2 Å². The Bertz CT molecular complexity index is 902. The number of hydrogen-bond donors (Lipinski definition) is 1. The fraction of sp³-hybridized carbons (Fsp3) is 0.304. The van der Waals surface area contributed by atoms with Gasteiger partial charge in [0.2, 0.25) is 5.91 Å². The van der Waals surface area contributed by atoms with Gasteiger partial charge in [0.1, 0.15) is 13.2 Å². The van der Waals surface area contributed by atoms with E-state index in [0.717, 1.165) is 16.9 Å². The molecule has 1 aliphatic heterocycles. The Balaban J connectivity index is 1.68. The van der Waals surface area contributed by atoms with Gasteiger partial charge in [0.15, 0.2) is 11.5 Å². The van der Waals surface area contributed by atoms with Crippen molar-refractivity contribution >= 4 is 18.0 Å². The summed E-state index contributed by atoms with van der Waals surface area (Å²) in [6.07, 6.45) is 3.19. The molecule has 1 aliphatic rings. The molecule has 0 saturated heterocycles. The molecule has 6 heteroatoms. The van der Waals surface area contributed by atoms with Crippen LogP contribution in [0.1, 0.15) is 41.4 Å². The third-order valence-electron chi connectivity index (χ3n) is 4.65. The molecule has 0 saturated carbocycles. The number of carbonyl (C=O) groups is 2. The summed E-state index contributed by atoms with van der Waals surface area (Å²) in [5.41, 5.74) is 2.24. The lowest BCUT2D eigenvalue weighted by molar-refractivity contribution is -0.117. The van der Waals surface area contributed by atoms with E-state index in [4.69, 9.17) is 9.47 Å². The number of carbonyl (C=O) groups excluding carboxylic acids is 2. The van der Waals surface area contributed by atoms with Gasteiger partial charge in [-0.25, -0.2) is 4.79 Å². The molecule has 29 heavy (non-hydrogen) atoms. The van der Waals surface area contributed by atoms with Crippen LogP contribution in [0.3, 0.4) is 0 Å². The van der Waals surface area contributed by atoms with Crippen molar-refractivity contribution in [1.29, 1.82) is 0 Å². The molecule has 0 bridgehead atoms. The van der Waals surface area contributed by atoms with Gasteiger partial charge in [-0.2, -0.15) is 0 Å². The zero-order chi connectivity index (χ0) is 20.8. The molecule has 1 amide bonds. The first-order chi connectivity index (χ1) is 14.0. The van der Waals surface area contributed by atoms with Gasteiger partial charge in [0, 0.05) is 6.08 Å². The summed E-state index contributed by atoms with van der Waals surface area (Å²) < 4.78 is 15.9. The summed E-state index contributed by atoms with van der Waals surface area (Å²) in [6.45, 7) is 5.17. The van der Waals surface area contributed by atoms with Crippen LogP contribution in [0, 0.1) is 5.92 Å². The molecule has 0 aliphatic carbocycles. The molecule has 6 nitrogen and oxygen atoms in total. The second kappa shape index (κ2) is 9.28. The van der Waals surface area contributed by atoms with Gasteiger partial charge in [-0.3, -0.25) is 4.79 Å². The quantitative estimate of drug-likeness (QED) is 0.595. The highest BCUT2D eigenvalue weighted by atomic mass is 16.6. The highest BCUT2D eigenvalue weighted by Crippen LogP contribution is 2.34. The largest absolute Gasteiger partial charge is 0.486 e. The summed E-state index contributed by atoms with van der Waals surface area (Å²) in [5.74, 6) is 1.03. The Morgan fingerprint density at radius 2 is 1.72 bits per heavy atom. The summed E-state index contributed by atoms with van der Waals surface area (Å²) in [7, 11) is 1.34. The minimum atomic E-state index is -0.391. The first kappa shape index (κ1) is 20.5. The van der Waals surface area contributed by atoms with E-state index in [0.29, 0.717) is 24.5 Å². The summed E-state index contributed by atoms with van der Waals surface area (Å²) in [6, 6.07) is 12.4. The number of nitrogens with one attached hydrogen (secondary N) is 1. The van der Waals surface area contributed by atoms with Crippen LogP contribution in [0.4, 0.5) is 0 Å². The first-order valence-electron chi connectivity index (χ1n) is 9.54. The normalized spacial score (nSPS) is 13.9. The molecule has 152 valence electrons. The monoisotopic (exact) mass is 395 g/mol. The van der Waals surface area contributed by atoms with Gasteiger partial charge in [-0.15, -0.1) is 0 Å². The van der Waals surface area contributed by atoms with Crippen LogP contribution in [0.5, 0.6) is 11.5 Å². The number of hydrogen-bond acceptors (Lipinski definition) is 5. The van der Waals surface area contributed by atoms with Gasteiger partial charge in [0.05, 0.1) is 18.7 Å². The molecule has 3 rings (SSSR count). The average Bonchev–Trinajstić information content (AvgIpc) is 2.75. The van der Waals surface area contributed by atoms with E-state index in [9.17, 15) is 9.59 Å². The van der Waals surface area contributed by atoms with E-state index in [2.05, 4.69) is 23.9 Å². The molecule has 0 aromatic heterocycles. The van der Waals surface area contributed by atoms with Crippen LogP contribution in [0.25, 0.3) is 6.08 Å². The lowest BCUT2D eigenvalue weighted by atomic mass is 9.95. The summed E-state index contributed by atoms with van der Waals surface area (Å²) in [5, 5.41) is 3.05. The van der Waals surface area contributed by atoms with E-state index >= 15 is 0 Å². The van der Waals surface area contributed by atoms with Gasteiger partial charge in [0.25, 0.3) is 0 Å². The van der Waals surface area contributed by atoms with Crippen molar-refractivity contribution in [2.75, 3.05) is 20.3 Å². The van der Waals surface area contributed by atoms with Crippen molar-refractivity contribution in [3.63, 3.8) is 0 Å². The molecule has 1 N–H and O–H groups in total. The number of fused-ring (bicyclic) bond motifs is 1. The fourth-order valence-electron chi connectivity index (χ4n) is 3.11. The minimum absolute atomic E-state index is 0.162. The average molecular weight is 395 g/mol. The van der Waals surface area contributed by atoms with Crippen molar-refractivity contribution in [2.24, 2.45) is 5.92 Å². The number of benzene rings is 2. The third-order valence-corrected chi connectivity index (χ3v) is 4.65. The summed E-state index contributed by atoms with van der Waals surface area (Å²) >= 11 is 0. The summed E-state index contributed by atoms with van der Waals surface area (Å²) in [4.78, 5) is 24.0. The maximum Gasteiger partial charge on any atom is 0.337 e. The van der Waals surface area contributed by atoms with E-state index in [-0.39, 0.29) is 17.9 Å². The fourth-order valence-corrected chi connectivity index (χ4v) is 3.11. The number of ether oxygens (including phenoxy) is 3. The van der Waals surface area contributed by atoms with Crippen LogP contribution in [0.2, 0.25) is 0 Å². The third kappa shape index (κ3) is 5.16. The van der Waals surface area contributed by atoms with E-state index < -0.39 is 5.97 Å². The Hall–Kier alpha value is -3.28. The van der Waals surface area contributed by atoms with E-state index in [1.807, 2.05) is 18.2 Å². The molecule has 1 unspecified atom stereocenters. The molecular formula is C23H25NO5. The lowest BCUT2D eigenvalue weighted by Gasteiger charge is -2.25. The van der Waals surface area contributed by atoms with Gasteiger partial charge in [-0.1, -0.05) is 32.0 Å². The minimum Gasteiger partial charge on any atom is -0.486 e. The molecule has 1 heterocycles. The standard InChI is InChI=1S/C23H25NO5/c1-15(2)22(18-9-10-19-20(14-18)29-13-12-28-19)24-21(25)11-6-16-4-7-17(8-5-16)23(26)27-3/h4-11,14-15,22H,12-13H2,1-3H3,(H,24,25)/b11-6+. The van der Waals surface area contributed by atoms with Gasteiger partial charge in [-0.05, 0) is 47.4 Å². The second-order valence-corrected chi connectivity index (χ2v) is 7.08. The topological polar surface area (TPSA) is 73.9 Å². The maximum absolute atomic E-state index is 12.5.